The lowest BCUT2D eigenvalue weighted by Crippen LogP contribution is -2.37. The average molecular weight is 240 g/mol. The fraction of sp³-hybridized carbons (Fsp3) is 0.929. The summed E-state index contributed by atoms with van der Waals surface area (Å²) < 4.78 is 0. The zero-order valence-corrected chi connectivity index (χ0v) is 11.6. The smallest absolute Gasteiger partial charge is 0.225 e. The Bertz CT molecular complexity index is 240. The monoisotopic (exact) mass is 240 g/mol. The standard InChI is InChI=1S/C14H28N2O/c1-11(2)7-8-16(3)14(17)13-6-4-5-12(9-13)10-15/h11-13H,4-10,15H2,1-3H3. The van der Waals surface area contributed by atoms with Gasteiger partial charge in [-0.25, -0.2) is 0 Å². The van der Waals surface area contributed by atoms with Gasteiger partial charge in [-0.2, -0.15) is 0 Å². The zero-order chi connectivity index (χ0) is 12.8. The van der Waals surface area contributed by atoms with Gasteiger partial charge in [-0.1, -0.05) is 20.3 Å². The molecule has 0 aromatic heterocycles. The van der Waals surface area contributed by atoms with Crippen LogP contribution >= 0.6 is 0 Å². The number of nitrogens with zero attached hydrogens (tertiary/aromatic N) is 1. The lowest BCUT2D eigenvalue weighted by molar-refractivity contribution is -0.135. The molecule has 1 aliphatic carbocycles. The Balaban J connectivity index is 2.39. The van der Waals surface area contributed by atoms with E-state index in [9.17, 15) is 4.79 Å². The van der Waals surface area contributed by atoms with Gasteiger partial charge in [0.2, 0.25) is 5.91 Å². The first-order chi connectivity index (χ1) is 8.04. The van der Waals surface area contributed by atoms with Crippen LogP contribution in [-0.4, -0.2) is 30.9 Å². The van der Waals surface area contributed by atoms with Crippen LogP contribution in [0.15, 0.2) is 0 Å². The first kappa shape index (κ1) is 14.5. The minimum absolute atomic E-state index is 0.231. The second-order valence-corrected chi connectivity index (χ2v) is 5.91. The highest BCUT2D eigenvalue weighted by Gasteiger charge is 2.28. The molecule has 1 saturated carbocycles. The van der Waals surface area contributed by atoms with E-state index >= 15 is 0 Å². The van der Waals surface area contributed by atoms with E-state index in [-0.39, 0.29) is 5.92 Å². The molecule has 1 fully saturated rings. The van der Waals surface area contributed by atoms with E-state index < -0.39 is 0 Å². The minimum atomic E-state index is 0.231. The maximum absolute atomic E-state index is 12.3. The van der Waals surface area contributed by atoms with Crippen molar-refractivity contribution in [2.45, 2.75) is 46.0 Å². The van der Waals surface area contributed by atoms with Gasteiger partial charge in [0, 0.05) is 19.5 Å². The van der Waals surface area contributed by atoms with E-state index in [2.05, 4.69) is 13.8 Å². The SMILES string of the molecule is CC(C)CCN(C)C(=O)C1CCCC(CN)C1. The molecule has 3 heteroatoms. The van der Waals surface area contributed by atoms with Gasteiger partial charge >= 0.3 is 0 Å². The normalized spacial score (nSPS) is 25.0. The lowest BCUT2D eigenvalue weighted by Gasteiger charge is -2.30. The van der Waals surface area contributed by atoms with Crippen LogP contribution in [0.3, 0.4) is 0 Å². The van der Waals surface area contributed by atoms with Crippen molar-refractivity contribution < 1.29 is 4.79 Å². The third-order valence-corrected chi connectivity index (χ3v) is 3.88. The van der Waals surface area contributed by atoms with Crippen molar-refractivity contribution in [3.05, 3.63) is 0 Å². The molecule has 0 aliphatic heterocycles. The van der Waals surface area contributed by atoms with Crippen LogP contribution in [0.5, 0.6) is 0 Å². The van der Waals surface area contributed by atoms with Crippen molar-refractivity contribution in [1.29, 1.82) is 0 Å². The molecule has 0 heterocycles. The molecule has 1 aliphatic rings. The van der Waals surface area contributed by atoms with Crippen molar-refractivity contribution in [2.24, 2.45) is 23.5 Å². The molecular weight excluding hydrogens is 212 g/mol. The van der Waals surface area contributed by atoms with Gasteiger partial charge in [-0.15, -0.1) is 0 Å². The van der Waals surface area contributed by atoms with Gasteiger partial charge in [0.05, 0.1) is 0 Å². The third kappa shape index (κ3) is 4.66. The summed E-state index contributed by atoms with van der Waals surface area (Å²) >= 11 is 0. The number of carbonyl (C=O) groups is 1. The van der Waals surface area contributed by atoms with Crippen LogP contribution in [0.25, 0.3) is 0 Å². The average Bonchev–Trinajstić information content (AvgIpc) is 2.35. The van der Waals surface area contributed by atoms with E-state index in [0.29, 0.717) is 17.7 Å². The molecule has 2 unspecified atom stereocenters. The van der Waals surface area contributed by atoms with Crippen molar-refractivity contribution in [3.8, 4) is 0 Å². The molecule has 0 spiro atoms. The molecule has 17 heavy (non-hydrogen) atoms. The first-order valence-electron chi connectivity index (χ1n) is 6.99. The predicted molar refractivity (Wildman–Crippen MR) is 71.6 cm³/mol. The van der Waals surface area contributed by atoms with Crippen LogP contribution < -0.4 is 5.73 Å². The molecule has 0 saturated heterocycles. The maximum Gasteiger partial charge on any atom is 0.225 e. The van der Waals surface area contributed by atoms with E-state index in [1.54, 1.807) is 0 Å². The molecule has 0 bridgehead atoms. The van der Waals surface area contributed by atoms with Crippen LogP contribution in [0.4, 0.5) is 0 Å². The molecule has 1 amide bonds. The largest absolute Gasteiger partial charge is 0.346 e. The fourth-order valence-corrected chi connectivity index (χ4v) is 2.60. The number of hydrogen-bond donors (Lipinski definition) is 1. The van der Waals surface area contributed by atoms with Gasteiger partial charge < -0.3 is 10.6 Å². The Morgan fingerprint density at radius 3 is 2.71 bits per heavy atom. The van der Waals surface area contributed by atoms with Crippen LogP contribution in [-0.2, 0) is 4.79 Å². The molecule has 0 aromatic rings. The summed E-state index contributed by atoms with van der Waals surface area (Å²) in [6, 6.07) is 0. The van der Waals surface area contributed by atoms with Gasteiger partial charge in [-0.3, -0.25) is 4.79 Å². The minimum Gasteiger partial charge on any atom is -0.346 e. The van der Waals surface area contributed by atoms with Gasteiger partial charge in [0.25, 0.3) is 0 Å². The molecule has 2 atom stereocenters. The summed E-state index contributed by atoms with van der Waals surface area (Å²) in [5.74, 6) is 1.79. The predicted octanol–water partition coefficient (Wildman–Crippen LogP) is 2.26. The first-order valence-corrected chi connectivity index (χ1v) is 6.99. The number of carbonyl (C=O) groups excluding carboxylic acids is 1. The van der Waals surface area contributed by atoms with Crippen molar-refractivity contribution in [3.63, 3.8) is 0 Å². The molecule has 0 radical (unpaired) electrons. The zero-order valence-electron chi connectivity index (χ0n) is 11.6. The Hall–Kier alpha value is -0.570. The highest BCUT2D eigenvalue weighted by atomic mass is 16.2. The van der Waals surface area contributed by atoms with Crippen molar-refractivity contribution >= 4 is 5.91 Å². The molecule has 1 rings (SSSR count). The van der Waals surface area contributed by atoms with Gasteiger partial charge in [-0.05, 0) is 44.1 Å². The van der Waals surface area contributed by atoms with E-state index in [0.717, 1.165) is 38.8 Å². The molecular formula is C14H28N2O. The summed E-state index contributed by atoms with van der Waals surface area (Å²) in [5, 5.41) is 0. The Morgan fingerprint density at radius 1 is 1.41 bits per heavy atom. The van der Waals surface area contributed by atoms with E-state index in [1.807, 2.05) is 11.9 Å². The van der Waals surface area contributed by atoms with Crippen LogP contribution in [0.2, 0.25) is 0 Å². The second-order valence-electron chi connectivity index (χ2n) is 5.91. The quantitative estimate of drug-likeness (QED) is 0.801. The maximum atomic E-state index is 12.3. The number of amides is 1. The van der Waals surface area contributed by atoms with Gasteiger partial charge in [0.1, 0.15) is 0 Å². The Labute approximate surface area is 106 Å². The molecule has 3 nitrogen and oxygen atoms in total. The summed E-state index contributed by atoms with van der Waals surface area (Å²) in [4.78, 5) is 14.2. The summed E-state index contributed by atoms with van der Waals surface area (Å²) in [6.45, 7) is 6.02. The van der Waals surface area contributed by atoms with Crippen molar-refractivity contribution in [1.82, 2.24) is 4.90 Å². The Morgan fingerprint density at radius 2 is 2.12 bits per heavy atom. The van der Waals surface area contributed by atoms with Crippen LogP contribution in [0.1, 0.15) is 46.0 Å². The second kappa shape index (κ2) is 7.00. The summed E-state index contributed by atoms with van der Waals surface area (Å²) in [5.41, 5.74) is 5.72. The number of nitrogens with two attached hydrogens (primary N) is 1. The fourth-order valence-electron chi connectivity index (χ4n) is 2.60. The summed E-state index contributed by atoms with van der Waals surface area (Å²) in [6.07, 6.45) is 5.52. The Kier molecular flexibility index (Phi) is 5.96. The topological polar surface area (TPSA) is 46.3 Å². The van der Waals surface area contributed by atoms with Gasteiger partial charge in [0.15, 0.2) is 0 Å². The number of hydrogen-bond acceptors (Lipinski definition) is 2. The number of rotatable bonds is 5. The molecule has 0 aromatic carbocycles. The van der Waals surface area contributed by atoms with Crippen molar-refractivity contribution in [2.75, 3.05) is 20.1 Å². The third-order valence-electron chi connectivity index (χ3n) is 3.88. The van der Waals surface area contributed by atoms with E-state index in [4.69, 9.17) is 5.73 Å². The molecule has 2 N–H and O–H groups in total. The molecule has 100 valence electrons. The van der Waals surface area contributed by atoms with Crippen LogP contribution in [0, 0.1) is 17.8 Å². The highest BCUT2D eigenvalue weighted by Crippen LogP contribution is 2.29. The summed E-state index contributed by atoms with van der Waals surface area (Å²) in [7, 11) is 1.94. The van der Waals surface area contributed by atoms with E-state index in [1.165, 1.54) is 6.42 Å². The highest BCUT2D eigenvalue weighted by molar-refractivity contribution is 5.78. The lowest BCUT2D eigenvalue weighted by atomic mass is 9.81.